The first kappa shape index (κ1) is 14.1. The molecular weight excluding hydrogens is 254 g/mol. The predicted molar refractivity (Wildman–Crippen MR) is 76.5 cm³/mol. The number of H-pyrrole nitrogens is 1. The van der Waals surface area contributed by atoms with Gasteiger partial charge in [0.25, 0.3) is 5.91 Å². The average Bonchev–Trinajstić information content (AvgIpc) is 2.96. The molecule has 1 heterocycles. The van der Waals surface area contributed by atoms with E-state index in [0.717, 1.165) is 5.82 Å². The van der Waals surface area contributed by atoms with E-state index in [1.54, 1.807) is 12.4 Å². The number of rotatable bonds is 6. The van der Waals surface area contributed by atoms with Crippen molar-refractivity contribution in [3.05, 3.63) is 48.0 Å². The summed E-state index contributed by atoms with van der Waals surface area (Å²) in [4.78, 5) is 18.6. The molecule has 2 aromatic rings. The van der Waals surface area contributed by atoms with Crippen LogP contribution in [0.1, 0.15) is 31.2 Å². The molecule has 0 bridgehead atoms. The van der Waals surface area contributed by atoms with Crippen LogP contribution < -0.4 is 10.1 Å². The Balaban J connectivity index is 1.79. The summed E-state index contributed by atoms with van der Waals surface area (Å²) in [6.45, 7) is 4.62. The minimum Gasteiger partial charge on any atom is -0.484 e. The largest absolute Gasteiger partial charge is 0.484 e. The highest BCUT2D eigenvalue weighted by Gasteiger charge is 2.05. The number of hydrogen-bond acceptors (Lipinski definition) is 3. The maximum Gasteiger partial charge on any atom is 0.258 e. The Hall–Kier alpha value is -2.30. The first-order valence-electron chi connectivity index (χ1n) is 6.63. The molecule has 1 amide bonds. The number of hydrogen-bond donors (Lipinski definition) is 2. The summed E-state index contributed by atoms with van der Waals surface area (Å²) in [5.74, 6) is 1.70. The van der Waals surface area contributed by atoms with Gasteiger partial charge in [0.2, 0.25) is 0 Å². The number of amides is 1. The third-order valence-electron chi connectivity index (χ3n) is 2.90. The molecule has 0 aliphatic carbocycles. The molecule has 0 radical (unpaired) electrons. The minimum absolute atomic E-state index is 0.00224. The highest BCUT2D eigenvalue weighted by molar-refractivity contribution is 5.77. The van der Waals surface area contributed by atoms with E-state index in [0.29, 0.717) is 18.2 Å². The van der Waals surface area contributed by atoms with Crippen LogP contribution in [0.25, 0.3) is 0 Å². The molecular formula is C15H19N3O2. The zero-order chi connectivity index (χ0) is 14.4. The molecule has 0 aliphatic heterocycles. The third-order valence-corrected chi connectivity index (χ3v) is 2.90. The fraction of sp³-hybridized carbons (Fsp3) is 0.333. The SMILES string of the molecule is CC(C)c1cccc(OCC(=O)NCc2ncc[nH]2)c1. The Labute approximate surface area is 118 Å². The number of aromatic amines is 1. The molecule has 20 heavy (non-hydrogen) atoms. The van der Waals surface area contributed by atoms with Crippen LogP contribution in [0.4, 0.5) is 0 Å². The maximum absolute atomic E-state index is 11.7. The number of imidazole rings is 1. The summed E-state index contributed by atoms with van der Waals surface area (Å²) in [5, 5.41) is 2.73. The number of ether oxygens (including phenoxy) is 1. The van der Waals surface area contributed by atoms with Gasteiger partial charge in [-0.05, 0) is 23.6 Å². The lowest BCUT2D eigenvalue weighted by Gasteiger charge is -2.10. The summed E-state index contributed by atoms with van der Waals surface area (Å²) < 4.78 is 5.49. The van der Waals surface area contributed by atoms with E-state index < -0.39 is 0 Å². The van der Waals surface area contributed by atoms with Gasteiger partial charge in [-0.1, -0.05) is 26.0 Å². The molecule has 0 saturated heterocycles. The lowest BCUT2D eigenvalue weighted by molar-refractivity contribution is -0.123. The van der Waals surface area contributed by atoms with Crippen molar-refractivity contribution < 1.29 is 9.53 Å². The average molecular weight is 273 g/mol. The Morgan fingerprint density at radius 1 is 1.45 bits per heavy atom. The second-order valence-electron chi connectivity index (χ2n) is 4.83. The van der Waals surface area contributed by atoms with E-state index in [1.807, 2.05) is 18.2 Å². The van der Waals surface area contributed by atoms with E-state index >= 15 is 0 Å². The number of benzene rings is 1. The van der Waals surface area contributed by atoms with Crippen molar-refractivity contribution in [1.82, 2.24) is 15.3 Å². The van der Waals surface area contributed by atoms with Crippen molar-refractivity contribution in [2.45, 2.75) is 26.3 Å². The quantitative estimate of drug-likeness (QED) is 0.848. The van der Waals surface area contributed by atoms with E-state index in [1.165, 1.54) is 5.56 Å². The molecule has 0 aliphatic rings. The van der Waals surface area contributed by atoms with Gasteiger partial charge in [0.15, 0.2) is 6.61 Å². The Morgan fingerprint density at radius 2 is 2.30 bits per heavy atom. The number of carbonyl (C=O) groups excluding carboxylic acids is 1. The van der Waals surface area contributed by atoms with E-state index in [2.05, 4.69) is 35.2 Å². The van der Waals surface area contributed by atoms with Crippen molar-refractivity contribution in [2.24, 2.45) is 0 Å². The van der Waals surface area contributed by atoms with Crippen molar-refractivity contribution in [1.29, 1.82) is 0 Å². The molecule has 0 unspecified atom stereocenters. The second-order valence-corrected chi connectivity index (χ2v) is 4.83. The van der Waals surface area contributed by atoms with E-state index in [4.69, 9.17) is 4.74 Å². The van der Waals surface area contributed by atoms with Gasteiger partial charge in [-0.25, -0.2) is 4.98 Å². The molecule has 0 spiro atoms. The van der Waals surface area contributed by atoms with Gasteiger partial charge in [-0.3, -0.25) is 4.79 Å². The van der Waals surface area contributed by atoms with Crippen molar-refractivity contribution in [3.8, 4) is 5.75 Å². The summed E-state index contributed by atoms with van der Waals surface area (Å²) in [7, 11) is 0. The molecule has 1 aromatic carbocycles. The van der Waals surface area contributed by atoms with Gasteiger partial charge in [0.1, 0.15) is 11.6 Å². The summed E-state index contributed by atoms with van der Waals surface area (Å²) in [6, 6.07) is 7.80. The van der Waals surface area contributed by atoms with Crippen molar-refractivity contribution >= 4 is 5.91 Å². The third kappa shape index (κ3) is 4.12. The lowest BCUT2D eigenvalue weighted by Crippen LogP contribution is -2.28. The fourth-order valence-electron chi connectivity index (χ4n) is 1.74. The first-order valence-corrected chi connectivity index (χ1v) is 6.63. The van der Waals surface area contributed by atoms with Gasteiger partial charge < -0.3 is 15.0 Å². The van der Waals surface area contributed by atoms with Gasteiger partial charge in [-0.2, -0.15) is 0 Å². The minimum atomic E-state index is -0.170. The van der Waals surface area contributed by atoms with Crippen LogP contribution in [0.3, 0.4) is 0 Å². The fourth-order valence-corrected chi connectivity index (χ4v) is 1.74. The van der Waals surface area contributed by atoms with E-state index in [9.17, 15) is 4.79 Å². The summed E-state index contributed by atoms with van der Waals surface area (Å²) in [5.41, 5.74) is 1.19. The van der Waals surface area contributed by atoms with Gasteiger partial charge in [0.05, 0.1) is 6.54 Å². The van der Waals surface area contributed by atoms with E-state index in [-0.39, 0.29) is 12.5 Å². The van der Waals surface area contributed by atoms with Crippen LogP contribution in [0, 0.1) is 0 Å². The summed E-state index contributed by atoms with van der Waals surface area (Å²) in [6.07, 6.45) is 3.37. The Kier molecular flexibility index (Phi) is 4.76. The Morgan fingerprint density at radius 3 is 3.00 bits per heavy atom. The number of nitrogens with zero attached hydrogens (tertiary/aromatic N) is 1. The highest BCUT2D eigenvalue weighted by Crippen LogP contribution is 2.19. The molecule has 0 saturated carbocycles. The molecule has 0 fully saturated rings. The predicted octanol–water partition coefficient (Wildman–Crippen LogP) is 2.23. The molecule has 2 rings (SSSR count). The van der Waals surface area contributed by atoms with Crippen molar-refractivity contribution in [2.75, 3.05) is 6.61 Å². The van der Waals surface area contributed by atoms with Gasteiger partial charge in [0, 0.05) is 12.4 Å². The molecule has 106 valence electrons. The standard InChI is InChI=1S/C15H19N3O2/c1-11(2)12-4-3-5-13(8-12)20-10-15(19)18-9-14-16-6-7-17-14/h3-8,11H,9-10H2,1-2H3,(H,16,17)(H,18,19). The zero-order valence-corrected chi connectivity index (χ0v) is 11.7. The zero-order valence-electron chi connectivity index (χ0n) is 11.7. The second kappa shape index (κ2) is 6.75. The molecule has 0 atom stereocenters. The van der Waals surface area contributed by atoms with Crippen LogP contribution in [0.5, 0.6) is 5.75 Å². The lowest BCUT2D eigenvalue weighted by atomic mass is 10.0. The molecule has 1 aromatic heterocycles. The van der Waals surface area contributed by atoms with Crippen LogP contribution in [0.15, 0.2) is 36.7 Å². The topological polar surface area (TPSA) is 67.0 Å². The monoisotopic (exact) mass is 273 g/mol. The van der Waals surface area contributed by atoms with Crippen LogP contribution >= 0.6 is 0 Å². The normalized spacial score (nSPS) is 10.6. The smallest absolute Gasteiger partial charge is 0.258 e. The number of nitrogens with one attached hydrogen (secondary N) is 2. The summed E-state index contributed by atoms with van der Waals surface area (Å²) >= 11 is 0. The van der Waals surface area contributed by atoms with Crippen molar-refractivity contribution in [3.63, 3.8) is 0 Å². The molecule has 5 heteroatoms. The number of aromatic nitrogens is 2. The maximum atomic E-state index is 11.7. The molecule has 2 N–H and O–H groups in total. The first-order chi connectivity index (χ1) is 9.65. The highest BCUT2D eigenvalue weighted by atomic mass is 16.5. The van der Waals surface area contributed by atoms with Gasteiger partial charge in [-0.15, -0.1) is 0 Å². The van der Waals surface area contributed by atoms with Gasteiger partial charge >= 0.3 is 0 Å². The molecule has 5 nitrogen and oxygen atoms in total. The van der Waals surface area contributed by atoms with Crippen LogP contribution in [0.2, 0.25) is 0 Å². The van der Waals surface area contributed by atoms with Crippen LogP contribution in [-0.2, 0) is 11.3 Å². The van der Waals surface area contributed by atoms with Crippen LogP contribution in [-0.4, -0.2) is 22.5 Å². The Bertz CT molecular complexity index is 550. The number of carbonyl (C=O) groups is 1.